The number of fused-ring (bicyclic) bond motifs is 3. The van der Waals surface area contributed by atoms with Crippen molar-refractivity contribution in [2.24, 2.45) is 4.99 Å². The first-order chi connectivity index (χ1) is 15.4. The average molecular weight is 433 g/mol. The molecule has 1 saturated heterocycles. The summed E-state index contributed by atoms with van der Waals surface area (Å²) in [6.07, 6.45) is 1.28. The van der Waals surface area contributed by atoms with Gasteiger partial charge >= 0.3 is 6.03 Å². The van der Waals surface area contributed by atoms with E-state index in [1.807, 2.05) is 36.2 Å². The molecule has 32 heavy (non-hydrogen) atoms. The Morgan fingerprint density at radius 3 is 2.47 bits per heavy atom. The van der Waals surface area contributed by atoms with Crippen LogP contribution in [0.4, 0.5) is 9.18 Å². The highest BCUT2D eigenvalue weighted by Gasteiger charge is 2.54. The highest BCUT2D eigenvalue weighted by atomic mass is 19.1. The van der Waals surface area contributed by atoms with Crippen molar-refractivity contribution >= 4 is 17.9 Å². The number of imide groups is 1. The number of carbonyl (C=O) groups is 2. The fraction of sp³-hybridized carbons (Fsp3) is 0.292. The monoisotopic (exact) mass is 433 g/mol. The zero-order chi connectivity index (χ0) is 22.6. The number of hydrogen-bond donors (Lipinski definition) is 0. The predicted octanol–water partition coefficient (Wildman–Crippen LogP) is 3.52. The Balaban J connectivity index is 1.46. The lowest BCUT2D eigenvalue weighted by Crippen LogP contribution is -2.63. The van der Waals surface area contributed by atoms with Crippen molar-refractivity contribution in [1.29, 1.82) is 0 Å². The van der Waals surface area contributed by atoms with Crippen molar-refractivity contribution in [3.05, 3.63) is 83.4 Å². The van der Waals surface area contributed by atoms with Crippen molar-refractivity contribution in [1.82, 2.24) is 19.6 Å². The van der Waals surface area contributed by atoms with E-state index in [9.17, 15) is 14.0 Å². The van der Waals surface area contributed by atoms with Gasteiger partial charge in [0.25, 0.3) is 5.91 Å². The molecule has 1 fully saturated rings. The first-order valence-corrected chi connectivity index (χ1v) is 10.6. The van der Waals surface area contributed by atoms with E-state index in [-0.39, 0.29) is 18.5 Å². The quantitative estimate of drug-likeness (QED) is 0.740. The summed E-state index contributed by atoms with van der Waals surface area (Å²) in [6.45, 7) is 3.95. The largest absolute Gasteiger partial charge is 0.328 e. The number of carbonyl (C=O) groups excluding carboxylic acids is 2. The van der Waals surface area contributed by atoms with E-state index >= 15 is 0 Å². The van der Waals surface area contributed by atoms with Crippen LogP contribution in [0.3, 0.4) is 0 Å². The van der Waals surface area contributed by atoms with E-state index in [0.717, 1.165) is 16.2 Å². The number of allylic oxidation sites excluding steroid dienone is 1. The Bertz CT molecular complexity index is 1150. The highest BCUT2D eigenvalue weighted by Crippen LogP contribution is 2.38. The standard InChI is InChI=1S/C24H24FN5O2/c1-15-13-28-20-21(26-23(28)30(15)16(2)17-9-5-4-6-10-17)27(3)24(32)29(22(20)31)14-18-11-7-8-12-19(18)25/h4-13,16,20-21H,14H2,1-3H3. The maximum Gasteiger partial charge on any atom is 0.328 e. The maximum atomic E-state index is 14.2. The number of aliphatic imine (C=N–C) groups is 1. The van der Waals surface area contributed by atoms with Crippen molar-refractivity contribution in [3.8, 4) is 0 Å². The molecule has 3 aliphatic rings. The lowest BCUT2D eigenvalue weighted by Gasteiger charge is -2.40. The number of guanidine groups is 1. The maximum absolute atomic E-state index is 14.2. The third kappa shape index (κ3) is 2.97. The topological polar surface area (TPSA) is 59.5 Å². The van der Waals surface area contributed by atoms with E-state index < -0.39 is 24.1 Å². The van der Waals surface area contributed by atoms with Gasteiger partial charge in [-0.2, -0.15) is 0 Å². The second kappa shape index (κ2) is 7.47. The minimum absolute atomic E-state index is 0.00183. The molecule has 0 aliphatic carbocycles. The van der Waals surface area contributed by atoms with Crippen LogP contribution in [0.2, 0.25) is 0 Å². The predicted molar refractivity (Wildman–Crippen MR) is 117 cm³/mol. The van der Waals surface area contributed by atoms with Crippen LogP contribution in [-0.2, 0) is 11.3 Å². The van der Waals surface area contributed by atoms with Gasteiger partial charge in [0.2, 0.25) is 5.96 Å². The normalized spacial score (nSPS) is 23.2. The first kappa shape index (κ1) is 20.2. The second-order valence-electron chi connectivity index (χ2n) is 8.33. The molecule has 0 aromatic heterocycles. The van der Waals surface area contributed by atoms with Gasteiger partial charge in [0.05, 0.1) is 12.6 Å². The van der Waals surface area contributed by atoms with Gasteiger partial charge < -0.3 is 14.7 Å². The van der Waals surface area contributed by atoms with Gasteiger partial charge in [0.15, 0.2) is 12.2 Å². The fourth-order valence-electron chi connectivity index (χ4n) is 4.67. The van der Waals surface area contributed by atoms with Crippen LogP contribution < -0.4 is 0 Å². The molecular formula is C24H24FN5O2. The lowest BCUT2D eigenvalue weighted by atomic mass is 10.1. The zero-order valence-electron chi connectivity index (χ0n) is 18.1. The molecule has 3 heterocycles. The van der Waals surface area contributed by atoms with Crippen molar-refractivity contribution < 1.29 is 14.0 Å². The number of halogens is 1. The number of amides is 3. The molecule has 5 rings (SSSR count). The van der Waals surface area contributed by atoms with Gasteiger partial charge in [-0.1, -0.05) is 48.5 Å². The lowest BCUT2D eigenvalue weighted by molar-refractivity contribution is -0.137. The molecule has 0 bridgehead atoms. The molecule has 8 heteroatoms. The molecule has 3 atom stereocenters. The van der Waals surface area contributed by atoms with Crippen molar-refractivity contribution in [2.45, 2.75) is 38.6 Å². The van der Waals surface area contributed by atoms with Gasteiger partial charge in [-0.15, -0.1) is 0 Å². The Morgan fingerprint density at radius 1 is 1.06 bits per heavy atom. The molecule has 7 nitrogen and oxygen atoms in total. The zero-order valence-corrected chi connectivity index (χ0v) is 18.1. The number of nitrogens with zero attached hydrogens (tertiary/aromatic N) is 5. The SMILES string of the molecule is CC1=CN2C(=NC3C2C(=O)N(Cc2ccccc2F)C(=O)N3C)N1C(C)c1ccccc1. The molecule has 2 aromatic carbocycles. The molecular weight excluding hydrogens is 409 g/mol. The van der Waals surface area contributed by atoms with Crippen LogP contribution in [0.25, 0.3) is 0 Å². The summed E-state index contributed by atoms with van der Waals surface area (Å²) in [4.78, 5) is 37.8. The Kier molecular flexibility index (Phi) is 4.73. The van der Waals surface area contributed by atoms with Crippen molar-refractivity contribution in [2.75, 3.05) is 7.05 Å². The van der Waals surface area contributed by atoms with Crippen molar-refractivity contribution in [3.63, 3.8) is 0 Å². The molecule has 3 amide bonds. The summed E-state index contributed by atoms with van der Waals surface area (Å²) in [5.41, 5.74) is 2.39. The van der Waals surface area contributed by atoms with Gasteiger partial charge in [-0.3, -0.25) is 9.69 Å². The number of urea groups is 1. The summed E-state index contributed by atoms with van der Waals surface area (Å²) in [6, 6.07) is 15.1. The minimum Gasteiger partial charge on any atom is -0.308 e. The van der Waals surface area contributed by atoms with Crippen LogP contribution >= 0.6 is 0 Å². The van der Waals surface area contributed by atoms with E-state index in [1.165, 1.54) is 11.0 Å². The molecule has 3 aliphatic heterocycles. The summed E-state index contributed by atoms with van der Waals surface area (Å²) in [5.74, 6) is -0.172. The Morgan fingerprint density at radius 2 is 1.75 bits per heavy atom. The van der Waals surface area contributed by atoms with E-state index in [2.05, 4.69) is 24.0 Å². The first-order valence-electron chi connectivity index (χ1n) is 10.6. The summed E-state index contributed by atoms with van der Waals surface area (Å²) in [5, 5.41) is 0. The van der Waals surface area contributed by atoms with E-state index in [1.54, 1.807) is 25.2 Å². The van der Waals surface area contributed by atoms with Crippen LogP contribution in [0, 0.1) is 5.82 Å². The Labute approximate surface area is 186 Å². The smallest absolute Gasteiger partial charge is 0.308 e. The molecule has 0 saturated carbocycles. The Hall–Kier alpha value is -3.68. The molecule has 2 aromatic rings. The van der Waals surface area contributed by atoms with Gasteiger partial charge in [-0.25, -0.2) is 14.2 Å². The third-order valence-electron chi connectivity index (χ3n) is 6.39. The summed E-state index contributed by atoms with van der Waals surface area (Å²) in [7, 11) is 1.63. The summed E-state index contributed by atoms with van der Waals surface area (Å²) >= 11 is 0. The number of benzene rings is 2. The highest BCUT2D eigenvalue weighted by molar-refractivity contribution is 6.04. The molecule has 0 spiro atoms. The van der Waals surface area contributed by atoms with Gasteiger partial charge in [0.1, 0.15) is 5.82 Å². The molecule has 3 unspecified atom stereocenters. The number of likely N-dealkylation sites (N-methyl/N-ethyl adjacent to an activating group) is 1. The molecule has 0 radical (unpaired) electrons. The van der Waals surface area contributed by atoms with Crippen LogP contribution in [-0.4, -0.2) is 56.8 Å². The van der Waals surface area contributed by atoms with E-state index in [4.69, 9.17) is 4.99 Å². The average Bonchev–Trinajstić information content (AvgIpc) is 3.31. The number of rotatable bonds is 4. The number of hydrogen-bond acceptors (Lipinski definition) is 5. The van der Waals surface area contributed by atoms with Gasteiger partial charge in [-0.05, 0) is 25.5 Å². The third-order valence-corrected chi connectivity index (χ3v) is 6.39. The van der Waals surface area contributed by atoms with Gasteiger partial charge in [0, 0.05) is 24.5 Å². The fourth-order valence-corrected chi connectivity index (χ4v) is 4.67. The minimum atomic E-state index is -0.678. The van der Waals surface area contributed by atoms with Crippen LogP contribution in [0.1, 0.15) is 31.0 Å². The van der Waals surface area contributed by atoms with E-state index in [0.29, 0.717) is 11.5 Å². The van der Waals surface area contributed by atoms with Crippen LogP contribution in [0.15, 0.2) is 71.5 Å². The molecule has 0 N–H and O–H groups in total. The van der Waals surface area contributed by atoms with Crippen LogP contribution in [0.5, 0.6) is 0 Å². The summed E-state index contributed by atoms with van der Waals surface area (Å²) < 4.78 is 14.2. The second-order valence-corrected chi connectivity index (χ2v) is 8.33. The molecule has 164 valence electrons.